The molecule has 2 aromatic heterocycles. The average molecular weight is 446 g/mol. The Labute approximate surface area is 192 Å². The van der Waals surface area contributed by atoms with E-state index in [1.165, 1.54) is 10.5 Å². The highest BCUT2D eigenvalue weighted by molar-refractivity contribution is 5.96. The Hall–Kier alpha value is -3.36. The van der Waals surface area contributed by atoms with Crippen LogP contribution in [0.5, 0.6) is 0 Å². The van der Waals surface area contributed by atoms with Gasteiger partial charge in [0.1, 0.15) is 0 Å². The zero-order valence-corrected chi connectivity index (χ0v) is 18.9. The number of rotatable bonds is 6. The zero-order chi connectivity index (χ0) is 23.0. The number of benzene rings is 1. The highest BCUT2D eigenvalue weighted by Gasteiger charge is 2.49. The van der Waals surface area contributed by atoms with Gasteiger partial charge in [-0.25, -0.2) is 9.97 Å². The van der Waals surface area contributed by atoms with Crippen LogP contribution in [0.2, 0.25) is 0 Å². The molecule has 0 radical (unpaired) electrons. The van der Waals surface area contributed by atoms with Crippen LogP contribution >= 0.6 is 0 Å². The van der Waals surface area contributed by atoms with Gasteiger partial charge in [0.15, 0.2) is 0 Å². The van der Waals surface area contributed by atoms with Gasteiger partial charge in [0, 0.05) is 55.5 Å². The van der Waals surface area contributed by atoms with Gasteiger partial charge in [0.05, 0.1) is 30.9 Å². The SMILES string of the molecule is CCc1ccnc(-c2cnc(N3CC4(COC4)c4ccc(C(=O)N(C)CCO)cc43)nc2)c1. The first-order valence-corrected chi connectivity index (χ1v) is 11.2. The number of carbonyl (C=O) groups is 1. The largest absolute Gasteiger partial charge is 0.395 e. The van der Waals surface area contributed by atoms with E-state index < -0.39 is 0 Å². The lowest BCUT2D eigenvalue weighted by atomic mass is 9.80. The molecule has 8 nitrogen and oxygen atoms in total. The lowest BCUT2D eigenvalue weighted by molar-refractivity contribution is -0.0507. The highest BCUT2D eigenvalue weighted by Crippen LogP contribution is 2.47. The van der Waals surface area contributed by atoms with Crippen LogP contribution in [-0.2, 0) is 16.6 Å². The molecule has 5 rings (SSSR count). The number of pyridine rings is 1. The van der Waals surface area contributed by atoms with Crippen LogP contribution in [0.4, 0.5) is 11.6 Å². The van der Waals surface area contributed by atoms with Crippen LogP contribution in [-0.4, -0.2) is 70.8 Å². The van der Waals surface area contributed by atoms with Gasteiger partial charge >= 0.3 is 0 Å². The van der Waals surface area contributed by atoms with E-state index in [0.717, 1.165) is 28.9 Å². The Morgan fingerprint density at radius 3 is 2.64 bits per heavy atom. The van der Waals surface area contributed by atoms with E-state index in [2.05, 4.69) is 32.8 Å². The molecule has 1 amide bonds. The monoisotopic (exact) mass is 445 g/mol. The van der Waals surface area contributed by atoms with Gasteiger partial charge < -0.3 is 19.6 Å². The number of aryl methyl sites for hydroxylation is 1. The first-order chi connectivity index (χ1) is 16.0. The fourth-order valence-electron chi connectivity index (χ4n) is 4.50. The molecular weight excluding hydrogens is 418 g/mol. The molecule has 1 N–H and O–H groups in total. The summed E-state index contributed by atoms with van der Waals surface area (Å²) in [5, 5.41) is 9.18. The van der Waals surface area contributed by atoms with Crippen molar-refractivity contribution in [2.45, 2.75) is 18.8 Å². The summed E-state index contributed by atoms with van der Waals surface area (Å²) in [6.07, 6.45) is 6.36. The molecule has 2 aliphatic heterocycles. The fraction of sp³-hybridized carbons (Fsp3) is 0.360. The second-order valence-corrected chi connectivity index (χ2v) is 8.72. The minimum Gasteiger partial charge on any atom is -0.395 e. The minimum atomic E-state index is -0.129. The van der Waals surface area contributed by atoms with Crippen LogP contribution in [0, 0.1) is 0 Å². The van der Waals surface area contributed by atoms with Crippen molar-refractivity contribution >= 4 is 17.5 Å². The van der Waals surface area contributed by atoms with Crippen molar-refractivity contribution in [2.24, 2.45) is 0 Å². The van der Waals surface area contributed by atoms with Crippen molar-refractivity contribution in [1.82, 2.24) is 19.9 Å². The molecule has 33 heavy (non-hydrogen) atoms. The highest BCUT2D eigenvalue weighted by atomic mass is 16.5. The molecule has 0 saturated carbocycles. The summed E-state index contributed by atoms with van der Waals surface area (Å²) in [6, 6.07) is 9.85. The normalized spacial score (nSPS) is 15.9. The fourth-order valence-corrected chi connectivity index (χ4v) is 4.50. The van der Waals surface area contributed by atoms with Gasteiger partial charge in [-0.05, 0) is 41.8 Å². The topological polar surface area (TPSA) is 91.7 Å². The Kier molecular flexibility index (Phi) is 5.55. The molecule has 0 unspecified atom stereocenters. The number of aromatic nitrogens is 3. The Morgan fingerprint density at radius 2 is 1.97 bits per heavy atom. The number of carbonyl (C=O) groups excluding carboxylic acids is 1. The van der Waals surface area contributed by atoms with E-state index in [0.29, 0.717) is 31.3 Å². The predicted octanol–water partition coefficient (Wildman–Crippen LogP) is 2.59. The van der Waals surface area contributed by atoms with E-state index >= 15 is 0 Å². The van der Waals surface area contributed by atoms with Crippen molar-refractivity contribution in [3.8, 4) is 11.3 Å². The van der Waals surface area contributed by atoms with Crippen molar-refractivity contribution < 1.29 is 14.6 Å². The number of likely N-dealkylation sites (N-methyl/N-ethyl adjacent to an activating group) is 1. The quantitative estimate of drug-likeness (QED) is 0.624. The number of ether oxygens (including phenoxy) is 1. The number of fused-ring (bicyclic) bond motifs is 2. The van der Waals surface area contributed by atoms with Gasteiger partial charge in [-0.2, -0.15) is 0 Å². The summed E-state index contributed by atoms with van der Waals surface area (Å²) in [7, 11) is 1.69. The first kappa shape index (κ1) is 21.5. The molecule has 0 atom stereocenters. The number of hydrogen-bond acceptors (Lipinski definition) is 7. The number of amides is 1. The minimum absolute atomic E-state index is 0.0734. The van der Waals surface area contributed by atoms with Gasteiger partial charge in [0.25, 0.3) is 5.91 Å². The number of anilines is 2. The van der Waals surface area contributed by atoms with Gasteiger partial charge in [0.2, 0.25) is 5.95 Å². The standard InChI is InChI=1S/C25H27N5O3/c1-3-17-6-7-26-21(10-17)19-12-27-24(28-13-19)30-14-25(15-33-16-25)20-5-4-18(11-22(20)30)23(32)29(2)8-9-31/h4-7,10-13,31H,3,8-9,14-16H2,1-2H3. The van der Waals surface area contributed by atoms with E-state index in [9.17, 15) is 9.90 Å². The molecule has 170 valence electrons. The van der Waals surface area contributed by atoms with Crippen LogP contribution in [0.3, 0.4) is 0 Å². The molecule has 1 aromatic carbocycles. The van der Waals surface area contributed by atoms with Crippen molar-refractivity contribution in [3.63, 3.8) is 0 Å². The van der Waals surface area contributed by atoms with Crippen molar-refractivity contribution in [1.29, 1.82) is 0 Å². The van der Waals surface area contributed by atoms with Crippen molar-refractivity contribution in [2.75, 3.05) is 44.9 Å². The van der Waals surface area contributed by atoms with Crippen LogP contribution in [0.25, 0.3) is 11.3 Å². The molecule has 4 heterocycles. The van der Waals surface area contributed by atoms with E-state index in [4.69, 9.17) is 4.74 Å². The number of nitrogens with zero attached hydrogens (tertiary/aromatic N) is 5. The number of aliphatic hydroxyl groups is 1. The van der Waals surface area contributed by atoms with Gasteiger partial charge in [-0.15, -0.1) is 0 Å². The molecule has 0 aliphatic carbocycles. The Bertz CT molecular complexity index is 1180. The summed E-state index contributed by atoms with van der Waals surface area (Å²) in [6.45, 7) is 4.31. The molecule has 1 saturated heterocycles. The third kappa shape index (κ3) is 3.75. The summed E-state index contributed by atoms with van der Waals surface area (Å²) < 4.78 is 5.57. The zero-order valence-electron chi connectivity index (χ0n) is 18.9. The molecule has 8 heteroatoms. The maximum absolute atomic E-state index is 12.8. The van der Waals surface area contributed by atoms with Gasteiger partial charge in [-0.3, -0.25) is 9.78 Å². The van der Waals surface area contributed by atoms with E-state index in [1.54, 1.807) is 19.4 Å². The lowest BCUT2D eigenvalue weighted by Crippen LogP contribution is -2.49. The second kappa shape index (κ2) is 8.53. The molecule has 1 spiro atoms. The third-order valence-corrected chi connectivity index (χ3v) is 6.51. The van der Waals surface area contributed by atoms with Crippen molar-refractivity contribution in [3.05, 3.63) is 65.6 Å². The molecule has 2 aliphatic rings. The number of hydrogen-bond donors (Lipinski definition) is 1. The molecular formula is C25H27N5O3. The third-order valence-electron chi connectivity index (χ3n) is 6.51. The van der Waals surface area contributed by atoms with Crippen LogP contribution < -0.4 is 4.90 Å². The van der Waals surface area contributed by atoms with Crippen LogP contribution in [0.1, 0.15) is 28.4 Å². The van der Waals surface area contributed by atoms with Gasteiger partial charge in [-0.1, -0.05) is 13.0 Å². The summed E-state index contributed by atoms with van der Waals surface area (Å²) in [5.74, 6) is 0.458. The summed E-state index contributed by atoms with van der Waals surface area (Å²) in [5.41, 5.74) is 5.49. The lowest BCUT2D eigenvalue weighted by Gasteiger charge is -2.38. The number of aliphatic hydroxyl groups excluding tert-OH is 1. The smallest absolute Gasteiger partial charge is 0.253 e. The maximum Gasteiger partial charge on any atom is 0.253 e. The Balaban J connectivity index is 1.48. The predicted molar refractivity (Wildman–Crippen MR) is 125 cm³/mol. The molecule has 1 fully saturated rings. The molecule has 0 bridgehead atoms. The van der Waals surface area contributed by atoms with E-state index in [1.807, 2.05) is 30.5 Å². The summed E-state index contributed by atoms with van der Waals surface area (Å²) >= 11 is 0. The first-order valence-electron chi connectivity index (χ1n) is 11.2. The maximum atomic E-state index is 12.8. The summed E-state index contributed by atoms with van der Waals surface area (Å²) in [4.78, 5) is 30.2. The van der Waals surface area contributed by atoms with E-state index in [-0.39, 0.29) is 24.5 Å². The Morgan fingerprint density at radius 1 is 1.18 bits per heavy atom. The average Bonchev–Trinajstić information content (AvgIpc) is 3.19. The molecule has 3 aromatic rings. The van der Waals surface area contributed by atoms with Crippen LogP contribution in [0.15, 0.2) is 48.9 Å². The second-order valence-electron chi connectivity index (χ2n) is 8.72.